The zero-order chi connectivity index (χ0) is 33.3. The number of hydrogen-bond acceptors (Lipinski definition) is 5. The van der Waals surface area contributed by atoms with Crippen molar-refractivity contribution in [1.82, 2.24) is 15.2 Å². The number of fused-ring (bicyclic) bond motifs is 1. The SMILES string of the molecule is N#CN1CC[C@H]2C[C@]21C(=O)N(c1ccc(S(F)(F)(F)(F)F)cc1)C(C(=O)NC1CCC(F)(F)CC1)c1cnccc1C(F)(F)F. The number of nitriles is 1. The number of rotatable bonds is 7. The van der Waals surface area contributed by atoms with Crippen molar-refractivity contribution in [1.29, 1.82) is 5.26 Å². The summed E-state index contributed by atoms with van der Waals surface area (Å²) >= 11 is 0. The van der Waals surface area contributed by atoms with Crippen molar-refractivity contribution in [3.63, 3.8) is 0 Å². The van der Waals surface area contributed by atoms with Gasteiger partial charge in [-0.25, -0.2) is 8.78 Å². The van der Waals surface area contributed by atoms with Crippen LogP contribution in [0.2, 0.25) is 0 Å². The van der Waals surface area contributed by atoms with Crippen molar-refractivity contribution in [3.05, 3.63) is 53.9 Å². The number of nitrogens with one attached hydrogen (secondary N) is 1. The zero-order valence-electron chi connectivity index (χ0n) is 23.0. The molecule has 2 saturated carbocycles. The molecule has 1 aromatic heterocycles. The minimum Gasteiger partial charge on any atom is -0.351 e. The largest absolute Gasteiger partial charge is 0.416 e. The van der Waals surface area contributed by atoms with Gasteiger partial charge in [-0.15, -0.1) is 0 Å². The molecule has 0 bridgehead atoms. The highest BCUT2D eigenvalue weighted by molar-refractivity contribution is 8.45. The van der Waals surface area contributed by atoms with Crippen molar-refractivity contribution in [2.24, 2.45) is 5.92 Å². The van der Waals surface area contributed by atoms with E-state index in [9.17, 15) is 56.2 Å². The third kappa shape index (κ3) is 6.23. The lowest BCUT2D eigenvalue weighted by molar-refractivity contribution is -0.139. The molecular formula is C27H25F10N5O2S. The van der Waals surface area contributed by atoms with E-state index in [-0.39, 0.29) is 37.9 Å². The van der Waals surface area contributed by atoms with E-state index in [1.807, 2.05) is 6.19 Å². The number of pyridine rings is 1. The summed E-state index contributed by atoms with van der Waals surface area (Å²) in [6.07, 6.45) is -3.44. The predicted octanol–water partition coefficient (Wildman–Crippen LogP) is 7.47. The van der Waals surface area contributed by atoms with Gasteiger partial charge in [-0.05, 0) is 61.9 Å². The highest BCUT2D eigenvalue weighted by Crippen LogP contribution is 3.02. The molecule has 1 N–H and O–H groups in total. The normalized spacial score (nSPS) is 25.3. The number of likely N-dealkylation sites (tertiary alicyclic amines) is 1. The molecule has 7 nitrogen and oxygen atoms in total. The molecular weight excluding hydrogens is 648 g/mol. The number of amides is 2. The molecule has 3 atom stereocenters. The van der Waals surface area contributed by atoms with Gasteiger partial charge in [0.15, 0.2) is 6.19 Å². The summed E-state index contributed by atoms with van der Waals surface area (Å²) < 4.78 is 138. The standard InChI is InChI=1S/C27H25F10N5O2S/c28-25(29)9-5-17(6-10-25)40-23(43)22(20-14-39-11-7-21(20)27(30,31)32)42(24(44)26-13-16(26)8-12-41(26)15-38)18-1-3-19(4-2-18)45(33,34,35,36)37/h1-4,7,11,14,16-17,22H,5-6,8-10,12-13H2,(H,40,43)/t16-,22?,26+/m0/s1. The second-order valence-corrected chi connectivity index (χ2v) is 13.9. The number of alkyl halides is 5. The summed E-state index contributed by atoms with van der Waals surface area (Å²) in [4.78, 5) is 31.1. The predicted molar refractivity (Wildman–Crippen MR) is 140 cm³/mol. The molecule has 45 heavy (non-hydrogen) atoms. The summed E-state index contributed by atoms with van der Waals surface area (Å²) in [7, 11) is -10.2. The van der Waals surface area contributed by atoms with E-state index in [1.165, 1.54) is 0 Å². The summed E-state index contributed by atoms with van der Waals surface area (Å²) in [6.45, 7) is 0.0672. The molecule has 1 unspecified atom stereocenters. The second-order valence-electron chi connectivity index (χ2n) is 11.5. The lowest BCUT2D eigenvalue weighted by Gasteiger charge is -2.41. The zero-order valence-corrected chi connectivity index (χ0v) is 23.8. The molecule has 2 aliphatic carbocycles. The average Bonchev–Trinajstić information content (AvgIpc) is 3.56. The first-order chi connectivity index (χ1) is 20.6. The molecule has 3 aliphatic rings. The van der Waals surface area contributed by atoms with Gasteiger partial charge in [-0.3, -0.25) is 24.4 Å². The van der Waals surface area contributed by atoms with Crippen LogP contribution < -0.4 is 10.2 Å². The number of carbonyl (C=O) groups excluding carboxylic acids is 2. The van der Waals surface area contributed by atoms with E-state index in [0.717, 1.165) is 11.1 Å². The van der Waals surface area contributed by atoms with Crippen molar-refractivity contribution in [2.45, 2.75) is 73.1 Å². The maximum Gasteiger partial charge on any atom is 0.416 e. The minimum absolute atomic E-state index is 0.0324. The third-order valence-electron chi connectivity index (χ3n) is 8.55. The van der Waals surface area contributed by atoms with E-state index < -0.39 is 92.2 Å². The molecule has 1 saturated heterocycles. The van der Waals surface area contributed by atoms with Crippen molar-refractivity contribution in [2.75, 3.05) is 11.4 Å². The van der Waals surface area contributed by atoms with Gasteiger partial charge in [0.1, 0.15) is 16.5 Å². The monoisotopic (exact) mass is 673 g/mol. The Morgan fingerprint density at radius 3 is 2.20 bits per heavy atom. The van der Waals surface area contributed by atoms with E-state index in [4.69, 9.17) is 0 Å². The maximum atomic E-state index is 14.3. The average molecular weight is 674 g/mol. The van der Waals surface area contributed by atoms with Crippen LogP contribution in [-0.4, -0.2) is 45.7 Å². The van der Waals surface area contributed by atoms with E-state index in [1.54, 1.807) is 0 Å². The third-order valence-corrected chi connectivity index (χ3v) is 9.71. The molecule has 2 aromatic rings. The number of aromatic nitrogens is 1. The fourth-order valence-electron chi connectivity index (χ4n) is 6.19. The number of halogens is 10. The van der Waals surface area contributed by atoms with Gasteiger partial charge in [0.2, 0.25) is 11.8 Å². The Labute approximate surface area is 249 Å². The molecule has 3 fully saturated rings. The van der Waals surface area contributed by atoms with Crippen molar-refractivity contribution in [3.8, 4) is 6.19 Å². The number of hydrogen-bond donors (Lipinski definition) is 1. The number of benzene rings is 1. The quantitative estimate of drug-likeness (QED) is 0.243. The van der Waals surface area contributed by atoms with Gasteiger partial charge in [0, 0.05) is 49.1 Å². The second kappa shape index (κ2) is 9.87. The number of piperidine rings is 1. The summed E-state index contributed by atoms with van der Waals surface area (Å²) in [5, 5.41) is 12.1. The molecule has 246 valence electrons. The molecule has 5 rings (SSSR count). The first-order valence-corrected chi connectivity index (χ1v) is 15.6. The Hall–Kier alpha value is -3.75. The summed E-state index contributed by atoms with van der Waals surface area (Å²) in [6, 6.07) is -2.03. The minimum atomic E-state index is -10.2. The van der Waals surface area contributed by atoms with Crippen LogP contribution in [0, 0.1) is 17.4 Å². The number of nitrogens with zero attached hydrogens (tertiary/aromatic N) is 4. The number of anilines is 1. The fourth-order valence-corrected chi connectivity index (χ4v) is 6.84. The Balaban J connectivity index is 1.67. The molecule has 1 aromatic carbocycles. The molecule has 2 amide bonds. The van der Waals surface area contributed by atoms with Gasteiger partial charge in [0.25, 0.3) is 5.91 Å². The Kier molecular flexibility index (Phi) is 7.16. The molecule has 18 heteroatoms. The van der Waals surface area contributed by atoms with Gasteiger partial charge < -0.3 is 5.32 Å². The Bertz CT molecular complexity index is 1550. The topological polar surface area (TPSA) is 89.3 Å². The van der Waals surface area contributed by atoms with E-state index in [2.05, 4.69) is 10.3 Å². The highest BCUT2D eigenvalue weighted by atomic mass is 32.5. The van der Waals surface area contributed by atoms with Crippen molar-refractivity contribution >= 4 is 27.7 Å². The molecule has 0 radical (unpaired) electrons. The van der Waals surface area contributed by atoms with Crippen LogP contribution in [0.1, 0.15) is 55.7 Å². The highest BCUT2D eigenvalue weighted by Gasteiger charge is 2.69. The van der Waals surface area contributed by atoms with Gasteiger partial charge >= 0.3 is 16.4 Å². The lowest BCUT2D eigenvalue weighted by Crippen LogP contribution is -2.54. The summed E-state index contributed by atoms with van der Waals surface area (Å²) in [5.41, 5.74) is -4.66. The van der Waals surface area contributed by atoms with E-state index in [0.29, 0.717) is 35.7 Å². The molecule has 1 aliphatic heterocycles. The van der Waals surface area contributed by atoms with E-state index >= 15 is 0 Å². The first-order valence-electron chi connectivity index (χ1n) is 13.6. The van der Waals surface area contributed by atoms with Crippen LogP contribution in [0.3, 0.4) is 0 Å². The smallest absolute Gasteiger partial charge is 0.351 e. The Morgan fingerprint density at radius 1 is 1.04 bits per heavy atom. The fraction of sp³-hybridized carbons (Fsp3) is 0.481. The van der Waals surface area contributed by atoms with Crippen LogP contribution in [0.15, 0.2) is 47.6 Å². The van der Waals surface area contributed by atoms with Crippen LogP contribution in [-0.2, 0) is 15.8 Å². The molecule has 0 spiro atoms. The van der Waals surface area contributed by atoms with Crippen LogP contribution in [0.25, 0.3) is 0 Å². The van der Waals surface area contributed by atoms with Gasteiger partial charge in [-0.1, -0.05) is 19.4 Å². The lowest BCUT2D eigenvalue weighted by atomic mass is 9.91. The maximum absolute atomic E-state index is 14.3. The van der Waals surface area contributed by atoms with Gasteiger partial charge in [0.05, 0.1) is 5.56 Å². The van der Waals surface area contributed by atoms with Gasteiger partial charge in [-0.2, -0.15) is 18.4 Å². The van der Waals surface area contributed by atoms with Crippen LogP contribution >= 0.6 is 10.2 Å². The van der Waals surface area contributed by atoms with Crippen LogP contribution in [0.4, 0.5) is 47.1 Å². The van der Waals surface area contributed by atoms with Crippen LogP contribution in [0.5, 0.6) is 0 Å². The number of carbonyl (C=O) groups is 2. The Morgan fingerprint density at radius 2 is 1.67 bits per heavy atom. The summed E-state index contributed by atoms with van der Waals surface area (Å²) in [5.74, 6) is -5.96. The van der Waals surface area contributed by atoms with Crippen molar-refractivity contribution < 1.29 is 51.0 Å². The first kappa shape index (κ1) is 32.6. The molecule has 2 heterocycles.